The Hall–Kier alpha value is -0.830. The molecule has 0 heterocycles. The van der Waals surface area contributed by atoms with Crippen molar-refractivity contribution < 1.29 is 4.79 Å². The third-order valence-electron chi connectivity index (χ3n) is 2.71. The van der Waals surface area contributed by atoms with Gasteiger partial charge in [-0.25, -0.2) is 0 Å². The van der Waals surface area contributed by atoms with Gasteiger partial charge in [0, 0.05) is 15.9 Å². The number of alkyl halides is 1. The Morgan fingerprint density at radius 2 is 2.06 bits per heavy atom. The van der Waals surface area contributed by atoms with E-state index in [2.05, 4.69) is 21.2 Å². The van der Waals surface area contributed by atoms with Crippen molar-refractivity contribution >= 4 is 21.8 Å². The summed E-state index contributed by atoms with van der Waals surface area (Å²) in [5, 5.41) is 3.01. The summed E-state index contributed by atoms with van der Waals surface area (Å²) in [6, 6.07) is 7.60. The van der Waals surface area contributed by atoms with E-state index < -0.39 is 0 Å². The monoisotopic (exact) mass is 283 g/mol. The number of amides is 1. The number of rotatable bonds is 3. The number of hydrogen-bond acceptors (Lipinski definition) is 1. The molecular weight excluding hydrogens is 266 g/mol. The molecule has 0 aliphatic rings. The average molecular weight is 284 g/mol. The normalized spacial score (nSPS) is 13.3. The highest BCUT2D eigenvalue weighted by atomic mass is 79.9. The van der Waals surface area contributed by atoms with Crippen molar-refractivity contribution in [1.82, 2.24) is 5.32 Å². The minimum atomic E-state index is -0.263. The van der Waals surface area contributed by atoms with Gasteiger partial charge in [0.25, 0.3) is 5.91 Å². The highest BCUT2D eigenvalue weighted by molar-refractivity contribution is 9.09. The Balaban J connectivity index is 2.81. The lowest BCUT2D eigenvalue weighted by atomic mass is 10.0. The summed E-state index contributed by atoms with van der Waals surface area (Å²) in [5.74, 6) is -0.0278. The van der Waals surface area contributed by atoms with Crippen LogP contribution in [0.1, 0.15) is 36.7 Å². The maximum absolute atomic E-state index is 12.0. The van der Waals surface area contributed by atoms with Crippen LogP contribution in [0.3, 0.4) is 0 Å². The highest BCUT2D eigenvalue weighted by Gasteiger charge is 2.25. The van der Waals surface area contributed by atoms with Crippen LogP contribution in [0.25, 0.3) is 0 Å². The van der Waals surface area contributed by atoms with Crippen molar-refractivity contribution in [2.24, 2.45) is 0 Å². The predicted octanol–water partition coefficient (Wildman–Crippen LogP) is 3.29. The SMILES string of the molecule is Cc1cccc(C(=O)NC(C)(C)C(C)Br)c1. The van der Waals surface area contributed by atoms with Crippen LogP contribution in [0.5, 0.6) is 0 Å². The number of carbonyl (C=O) groups is 1. The second-order valence-electron chi connectivity index (χ2n) is 4.66. The Kier molecular flexibility index (Phi) is 4.14. The molecule has 0 saturated carbocycles. The van der Waals surface area contributed by atoms with Crippen LogP contribution < -0.4 is 5.32 Å². The van der Waals surface area contributed by atoms with Gasteiger partial charge in [-0.15, -0.1) is 0 Å². The Labute approximate surface area is 106 Å². The fourth-order valence-electron chi connectivity index (χ4n) is 1.25. The van der Waals surface area contributed by atoms with Crippen LogP contribution in [0, 0.1) is 6.92 Å². The van der Waals surface area contributed by atoms with Crippen LogP contribution in [-0.2, 0) is 0 Å². The lowest BCUT2D eigenvalue weighted by molar-refractivity contribution is 0.0914. The molecule has 0 fully saturated rings. The molecule has 1 aromatic carbocycles. The Bertz CT molecular complexity index is 385. The fraction of sp³-hybridized carbons (Fsp3) is 0.462. The van der Waals surface area contributed by atoms with Gasteiger partial charge in [0.15, 0.2) is 0 Å². The van der Waals surface area contributed by atoms with Crippen molar-refractivity contribution in [3.8, 4) is 0 Å². The molecule has 1 aromatic rings. The van der Waals surface area contributed by atoms with E-state index in [0.717, 1.165) is 5.56 Å². The molecule has 1 N–H and O–H groups in total. The van der Waals surface area contributed by atoms with Gasteiger partial charge in [-0.05, 0) is 32.9 Å². The number of aryl methyl sites for hydroxylation is 1. The molecule has 1 amide bonds. The summed E-state index contributed by atoms with van der Waals surface area (Å²) >= 11 is 3.50. The van der Waals surface area contributed by atoms with Crippen molar-refractivity contribution in [2.75, 3.05) is 0 Å². The van der Waals surface area contributed by atoms with Gasteiger partial charge < -0.3 is 5.32 Å². The number of carbonyl (C=O) groups excluding carboxylic acids is 1. The molecule has 88 valence electrons. The molecule has 1 atom stereocenters. The van der Waals surface area contributed by atoms with E-state index in [-0.39, 0.29) is 16.3 Å². The van der Waals surface area contributed by atoms with E-state index in [1.54, 1.807) is 0 Å². The standard InChI is InChI=1S/C13H18BrNO/c1-9-6-5-7-11(8-9)12(16)15-13(3,4)10(2)14/h5-8,10H,1-4H3,(H,15,16). The van der Waals surface area contributed by atoms with Gasteiger partial charge in [0.2, 0.25) is 0 Å². The Morgan fingerprint density at radius 3 is 2.56 bits per heavy atom. The van der Waals surface area contributed by atoms with Crippen molar-refractivity contribution in [3.05, 3.63) is 35.4 Å². The topological polar surface area (TPSA) is 29.1 Å². The second kappa shape index (κ2) is 5.00. The summed E-state index contributed by atoms with van der Waals surface area (Å²) in [5.41, 5.74) is 1.54. The first kappa shape index (κ1) is 13.2. The third kappa shape index (κ3) is 3.34. The van der Waals surface area contributed by atoms with Gasteiger partial charge in [-0.1, -0.05) is 40.5 Å². The zero-order valence-electron chi connectivity index (χ0n) is 10.2. The molecule has 1 rings (SSSR count). The smallest absolute Gasteiger partial charge is 0.251 e. The van der Waals surface area contributed by atoms with Gasteiger partial charge in [-0.2, -0.15) is 0 Å². The van der Waals surface area contributed by atoms with Crippen LogP contribution in [0.15, 0.2) is 24.3 Å². The summed E-state index contributed by atoms with van der Waals surface area (Å²) < 4.78 is 0. The third-order valence-corrected chi connectivity index (χ3v) is 3.86. The zero-order chi connectivity index (χ0) is 12.3. The molecule has 16 heavy (non-hydrogen) atoms. The molecule has 3 heteroatoms. The number of hydrogen-bond donors (Lipinski definition) is 1. The van der Waals surface area contributed by atoms with Crippen LogP contribution in [0.4, 0.5) is 0 Å². The largest absolute Gasteiger partial charge is 0.346 e. The summed E-state index contributed by atoms with van der Waals surface area (Å²) in [7, 11) is 0. The summed E-state index contributed by atoms with van der Waals surface area (Å²) in [6.45, 7) is 8.01. The lowest BCUT2D eigenvalue weighted by Gasteiger charge is -2.29. The van der Waals surface area contributed by atoms with Crippen molar-refractivity contribution in [3.63, 3.8) is 0 Å². The molecule has 0 radical (unpaired) electrons. The van der Waals surface area contributed by atoms with Gasteiger partial charge >= 0.3 is 0 Å². The maximum atomic E-state index is 12.0. The first-order chi connectivity index (χ1) is 7.33. The number of nitrogens with one attached hydrogen (secondary N) is 1. The van der Waals surface area contributed by atoms with Crippen LogP contribution in [0.2, 0.25) is 0 Å². The second-order valence-corrected chi connectivity index (χ2v) is 6.03. The molecule has 0 aromatic heterocycles. The minimum absolute atomic E-state index is 0.0278. The first-order valence-corrected chi connectivity index (χ1v) is 6.28. The zero-order valence-corrected chi connectivity index (χ0v) is 11.8. The Morgan fingerprint density at radius 1 is 1.44 bits per heavy atom. The van der Waals surface area contributed by atoms with E-state index in [9.17, 15) is 4.79 Å². The number of halogens is 1. The molecule has 1 unspecified atom stereocenters. The molecule has 0 spiro atoms. The lowest BCUT2D eigenvalue weighted by Crippen LogP contribution is -2.48. The van der Waals surface area contributed by atoms with Gasteiger partial charge in [0.05, 0.1) is 0 Å². The van der Waals surface area contributed by atoms with Crippen molar-refractivity contribution in [2.45, 2.75) is 38.1 Å². The molecular formula is C13H18BrNO. The van der Waals surface area contributed by atoms with E-state index in [1.165, 1.54) is 0 Å². The van der Waals surface area contributed by atoms with Gasteiger partial charge in [-0.3, -0.25) is 4.79 Å². The number of benzene rings is 1. The van der Waals surface area contributed by atoms with E-state index in [0.29, 0.717) is 5.56 Å². The van der Waals surface area contributed by atoms with Crippen LogP contribution >= 0.6 is 15.9 Å². The van der Waals surface area contributed by atoms with Gasteiger partial charge in [0.1, 0.15) is 0 Å². The molecule has 0 bridgehead atoms. The molecule has 0 saturated heterocycles. The first-order valence-electron chi connectivity index (χ1n) is 5.36. The maximum Gasteiger partial charge on any atom is 0.251 e. The molecule has 0 aliphatic carbocycles. The summed E-state index contributed by atoms with van der Waals surface area (Å²) in [6.07, 6.45) is 0. The predicted molar refractivity (Wildman–Crippen MR) is 71.1 cm³/mol. The minimum Gasteiger partial charge on any atom is -0.346 e. The highest BCUT2D eigenvalue weighted by Crippen LogP contribution is 2.17. The van der Waals surface area contributed by atoms with Crippen LogP contribution in [-0.4, -0.2) is 16.3 Å². The van der Waals surface area contributed by atoms with E-state index >= 15 is 0 Å². The average Bonchev–Trinajstić information content (AvgIpc) is 2.16. The van der Waals surface area contributed by atoms with E-state index in [1.807, 2.05) is 52.0 Å². The van der Waals surface area contributed by atoms with E-state index in [4.69, 9.17) is 0 Å². The summed E-state index contributed by atoms with van der Waals surface area (Å²) in [4.78, 5) is 12.2. The quantitative estimate of drug-likeness (QED) is 0.848. The van der Waals surface area contributed by atoms with Crippen molar-refractivity contribution in [1.29, 1.82) is 0 Å². The molecule has 2 nitrogen and oxygen atoms in total. The fourth-order valence-corrected chi connectivity index (χ4v) is 1.36. The molecule has 0 aliphatic heterocycles.